The quantitative estimate of drug-likeness (QED) is 0.552. The highest BCUT2D eigenvalue weighted by Gasteiger charge is 2.51. The second-order valence-electron chi connectivity index (χ2n) is 10.1. The van der Waals surface area contributed by atoms with Gasteiger partial charge in [-0.1, -0.05) is 11.6 Å². The Bertz CT molecular complexity index is 1220. The smallest absolute Gasteiger partial charge is 0.425 e. The molecule has 37 heavy (non-hydrogen) atoms. The number of halogens is 4. The van der Waals surface area contributed by atoms with Crippen molar-refractivity contribution in [3.05, 3.63) is 23.2 Å². The molecule has 3 atom stereocenters. The van der Waals surface area contributed by atoms with Crippen LogP contribution in [0.1, 0.15) is 47.0 Å². The summed E-state index contributed by atoms with van der Waals surface area (Å²) in [6, 6.07) is 3.82. The second-order valence-corrected chi connectivity index (χ2v) is 12.7. The van der Waals surface area contributed by atoms with Gasteiger partial charge in [0.05, 0.1) is 21.2 Å². The van der Waals surface area contributed by atoms with Crippen LogP contribution >= 0.6 is 11.6 Å². The molecule has 9 nitrogen and oxygen atoms in total. The maximum Gasteiger partial charge on any atom is 0.425 e. The zero-order valence-corrected chi connectivity index (χ0v) is 22.1. The molecule has 1 saturated carbocycles. The number of benzene rings is 1. The zero-order valence-electron chi connectivity index (χ0n) is 20.6. The fourth-order valence-electron chi connectivity index (χ4n) is 3.74. The minimum Gasteiger partial charge on any atom is -0.481 e. The molecule has 2 fully saturated rings. The summed E-state index contributed by atoms with van der Waals surface area (Å²) in [6.45, 7) is 5.24. The molecule has 1 saturated heterocycles. The van der Waals surface area contributed by atoms with Crippen molar-refractivity contribution in [2.24, 2.45) is 0 Å². The summed E-state index contributed by atoms with van der Waals surface area (Å²) < 4.78 is 75.5. The summed E-state index contributed by atoms with van der Waals surface area (Å²) in [7, 11) is -4.26. The topological polar surface area (TPSA) is 126 Å². The predicted molar refractivity (Wildman–Crippen MR) is 126 cm³/mol. The lowest BCUT2D eigenvalue weighted by atomic mass is 10.2. The average Bonchev–Trinajstić information content (AvgIpc) is 3.36. The van der Waals surface area contributed by atoms with Crippen molar-refractivity contribution in [1.29, 1.82) is 5.26 Å². The van der Waals surface area contributed by atoms with Crippen LogP contribution in [-0.2, 0) is 19.4 Å². The first-order valence-electron chi connectivity index (χ1n) is 11.4. The van der Waals surface area contributed by atoms with E-state index in [1.165, 1.54) is 0 Å². The molecule has 3 rings (SSSR count). The van der Waals surface area contributed by atoms with Gasteiger partial charge in [0.25, 0.3) is 0 Å². The maximum atomic E-state index is 13.5. The normalized spacial score (nSPS) is 22.1. The first-order valence-corrected chi connectivity index (χ1v) is 13.3. The van der Waals surface area contributed by atoms with Crippen molar-refractivity contribution in [2.45, 2.75) is 86.6 Å². The molecule has 1 aliphatic carbocycles. The molecule has 0 bridgehead atoms. The number of sulfone groups is 1. The van der Waals surface area contributed by atoms with E-state index in [0.29, 0.717) is 12.8 Å². The number of rotatable bonds is 6. The molecule has 0 spiro atoms. The summed E-state index contributed by atoms with van der Waals surface area (Å²) in [5.74, 6) is -0.961. The van der Waals surface area contributed by atoms with Gasteiger partial charge in [0, 0.05) is 12.6 Å². The second kappa shape index (κ2) is 9.87. The lowest BCUT2D eigenvalue weighted by Gasteiger charge is -2.28. The Morgan fingerprint density at radius 1 is 1.27 bits per heavy atom. The van der Waals surface area contributed by atoms with Crippen LogP contribution in [0.25, 0.3) is 0 Å². The lowest BCUT2D eigenvalue weighted by molar-refractivity contribution is -0.189. The van der Waals surface area contributed by atoms with Gasteiger partial charge < -0.3 is 14.8 Å². The van der Waals surface area contributed by atoms with Gasteiger partial charge in [0.2, 0.25) is 5.91 Å². The van der Waals surface area contributed by atoms with Gasteiger partial charge in [-0.05, 0) is 59.1 Å². The van der Waals surface area contributed by atoms with E-state index < -0.39 is 63.1 Å². The number of nitrogens with one attached hydrogen (secondary N) is 1. The van der Waals surface area contributed by atoms with Crippen molar-refractivity contribution in [3.8, 4) is 11.8 Å². The van der Waals surface area contributed by atoms with Crippen molar-refractivity contribution in [2.75, 3.05) is 6.54 Å². The molecule has 2 amide bonds. The molecule has 1 aromatic rings. The van der Waals surface area contributed by atoms with E-state index in [1.54, 1.807) is 20.8 Å². The Hall–Kier alpha value is -2.72. The molecule has 204 valence electrons. The largest absolute Gasteiger partial charge is 0.481 e. The van der Waals surface area contributed by atoms with Crippen LogP contribution in [0, 0.1) is 11.3 Å². The van der Waals surface area contributed by atoms with Crippen LogP contribution < -0.4 is 10.1 Å². The first-order chi connectivity index (χ1) is 16.9. The third-order valence-electron chi connectivity index (χ3n) is 5.94. The molecule has 2 aliphatic rings. The SMILES string of the molecule is C[C@H](Oc1ccc(S(=O)(=O)[C@@H]2C[C@@H](C(=O)NC3(C#N)CC3)N(C(=O)OC(C)(C)C)C2)c(Cl)c1)C(F)(F)F. The number of amides is 2. The van der Waals surface area contributed by atoms with Gasteiger partial charge in [-0.2, -0.15) is 18.4 Å². The number of alkyl halides is 3. The van der Waals surface area contributed by atoms with Crippen molar-refractivity contribution >= 4 is 33.4 Å². The Morgan fingerprint density at radius 2 is 1.89 bits per heavy atom. The minimum absolute atomic E-state index is 0.279. The molecule has 1 N–H and O–H groups in total. The predicted octanol–water partition coefficient (Wildman–Crippen LogP) is 3.99. The third kappa shape index (κ3) is 6.59. The van der Waals surface area contributed by atoms with Crippen molar-refractivity contribution in [1.82, 2.24) is 10.2 Å². The van der Waals surface area contributed by atoms with Gasteiger partial charge in [-0.15, -0.1) is 0 Å². The number of hydrogen-bond acceptors (Lipinski definition) is 7. The van der Waals surface area contributed by atoms with Crippen LogP contribution in [0.5, 0.6) is 5.75 Å². The summed E-state index contributed by atoms with van der Waals surface area (Å²) in [5.41, 5.74) is -1.97. The van der Waals surface area contributed by atoms with Gasteiger partial charge >= 0.3 is 12.3 Å². The molecule has 1 aliphatic heterocycles. The number of nitriles is 1. The van der Waals surface area contributed by atoms with E-state index >= 15 is 0 Å². The van der Waals surface area contributed by atoms with Gasteiger partial charge in [-0.3, -0.25) is 9.69 Å². The Morgan fingerprint density at radius 3 is 2.38 bits per heavy atom. The number of carbonyl (C=O) groups excluding carboxylic acids is 2. The number of likely N-dealkylation sites (tertiary alicyclic amines) is 1. The fraction of sp³-hybridized carbons (Fsp3) is 0.609. The number of carbonyl (C=O) groups is 2. The molecule has 0 unspecified atom stereocenters. The molecular formula is C23H27ClF3N3O6S. The summed E-state index contributed by atoms with van der Waals surface area (Å²) in [4.78, 5) is 26.5. The maximum absolute atomic E-state index is 13.5. The molecule has 1 aromatic carbocycles. The number of hydrogen-bond donors (Lipinski definition) is 1. The Kier molecular flexibility index (Phi) is 7.69. The van der Waals surface area contributed by atoms with Crippen molar-refractivity contribution < 1.29 is 40.7 Å². The van der Waals surface area contributed by atoms with E-state index in [2.05, 4.69) is 5.32 Å². The summed E-state index contributed by atoms with van der Waals surface area (Å²) in [5, 5.41) is 10.3. The van der Waals surface area contributed by atoms with Crippen molar-refractivity contribution in [3.63, 3.8) is 0 Å². The molecule has 0 aromatic heterocycles. The van der Waals surface area contributed by atoms with Crippen LogP contribution in [0.2, 0.25) is 5.02 Å². The molecular weight excluding hydrogens is 539 g/mol. The standard InChI is InChI=1S/C23H27ClF3N3O6S/c1-13(23(25,26)27)35-14-5-6-18(16(24)9-14)37(33,34)15-10-17(19(31)29-22(12-28)7-8-22)30(11-15)20(32)36-21(2,3)4/h5-6,9,13,15,17H,7-8,10-11H2,1-4H3,(H,29,31)/t13-,15+,17-/m0/s1. The Balaban J connectivity index is 1.87. The lowest BCUT2D eigenvalue weighted by Crippen LogP contribution is -2.50. The molecule has 0 radical (unpaired) electrons. The van der Waals surface area contributed by atoms with Crippen LogP contribution in [0.3, 0.4) is 0 Å². The van der Waals surface area contributed by atoms with E-state index in [9.17, 15) is 36.4 Å². The van der Waals surface area contributed by atoms with Gasteiger partial charge in [0.1, 0.15) is 22.9 Å². The number of nitrogens with zero attached hydrogens (tertiary/aromatic N) is 2. The Labute approximate surface area is 217 Å². The highest BCUT2D eigenvalue weighted by molar-refractivity contribution is 7.92. The van der Waals surface area contributed by atoms with Gasteiger partial charge in [0.15, 0.2) is 15.9 Å². The van der Waals surface area contributed by atoms with Crippen LogP contribution in [-0.4, -0.2) is 66.6 Å². The molecule has 14 heteroatoms. The summed E-state index contributed by atoms with van der Waals surface area (Å²) in [6.07, 6.45) is -7.10. The zero-order chi connectivity index (χ0) is 28.0. The number of ether oxygens (including phenoxy) is 2. The van der Waals surface area contributed by atoms with Gasteiger partial charge in [-0.25, -0.2) is 13.2 Å². The van der Waals surface area contributed by atoms with Crippen LogP contribution in [0.15, 0.2) is 23.1 Å². The third-order valence-corrected chi connectivity index (χ3v) is 8.56. The van der Waals surface area contributed by atoms with E-state index in [1.807, 2.05) is 6.07 Å². The first kappa shape index (κ1) is 28.8. The average molecular weight is 566 g/mol. The van der Waals surface area contributed by atoms with E-state index in [4.69, 9.17) is 21.1 Å². The van der Waals surface area contributed by atoms with E-state index in [-0.39, 0.29) is 22.1 Å². The minimum atomic E-state index is -4.63. The molecule has 1 heterocycles. The highest BCUT2D eigenvalue weighted by Crippen LogP contribution is 2.37. The highest BCUT2D eigenvalue weighted by atomic mass is 35.5. The fourth-order valence-corrected chi connectivity index (χ4v) is 5.97. The summed E-state index contributed by atoms with van der Waals surface area (Å²) >= 11 is 6.13. The monoisotopic (exact) mass is 565 g/mol. The van der Waals surface area contributed by atoms with E-state index in [0.717, 1.165) is 30.0 Å². The van der Waals surface area contributed by atoms with Crippen LogP contribution in [0.4, 0.5) is 18.0 Å².